The molecule has 0 bridgehead atoms. The molecule has 0 spiro atoms. The molecule has 0 aliphatic carbocycles. The molecule has 1 unspecified atom stereocenters. The second-order valence-electron chi connectivity index (χ2n) is 9.36. The van der Waals surface area contributed by atoms with E-state index in [0.717, 1.165) is 5.56 Å². The third-order valence-electron chi connectivity index (χ3n) is 5.94. The number of imide groups is 1. The number of anilines is 1. The number of hydrogen-bond acceptors (Lipinski definition) is 6. The van der Waals surface area contributed by atoms with Gasteiger partial charge in [0, 0.05) is 11.6 Å². The number of esters is 1. The smallest absolute Gasteiger partial charge is 0.337 e. The summed E-state index contributed by atoms with van der Waals surface area (Å²) in [5.74, 6) is -5.31. The van der Waals surface area contributed by atoms with E-state index in [1.54, 1.807) is 13.8 Å². The van der Waals surface area contributed by atoms with Gasteiger partial charge in [0.05, 0.1) is 19.1 Å². The fourth-order valence-electron chi connectivity index (χ4n) is 4.07. The minimum atomic E-state index is -1.50. The number of hydrogen-bond donors (Lipinski definition) is 3. The van der Waals surface area contributed by atoms with Gasteiger partial charge < -0.3 is 20.3 Å². The highest BCUT2D eigenvalue weighted by atomic mass is 16.5. The Kier molecular flexibility index (Phi) is 11.5. The fourth-order valence-corrected chi connectivity index (χ4v) is 4.07. The number of carbonyl (C=O) groups excluding carboxylic acids is 3. The van der Waals surface area contributed by atoms with Crippen LogP contribution in [0.4, 0.5) is 10.5 Å². The van der Waals surface area contributed by atoms with Gasteiger partial charge in [-0.3, -0.25) is 9.59 Å². The van der Waals surface area contributed by atoms with Gasteiger partial charge in [-0.1, -0.05) is 44.2 Å². The zero-order chi connectivity index (χ0) is 28.2. The molecule has 2 aromatic rings. The normalized spacial score (nSPS) is 12.3. The molecule has 0 aromatic heterocycles. The summed E-state index contributed by atoms with van der Waals surface area (Å²) in [5.41, 5.74) is 1.47. The quantitative estimate of drug-likeness (QED) is 0.324. The first-order valence-corrected chi connectivity index (χ1v) is 12.3. The van der Waals surface area contributed by atoms with Crippen LogP contribution < -0.4 is 5.32 Å². The number of carbonyl (C=O) groups is 5. The van der Waals surface area contributed by atoms with Crippen LogP contribution >= 0.6 is 0 Å². The molecule has 0 aliphatic heterocycles. The molecular formula is C28H34N2O8. The maximum absolute atomic E-state index is 13.6. The van der Waals surface area contributed by atoms with E-state index in [-0.39, 0.29) is 30.0 Å². The van der Waals surface area contributed by atoms with Crippen molar-refractivity contribution >= 4 is 35.5 Å². The van der Waals surface area contributed by atoms with Gasteiger partial charge in [0.15, 0.2) is 0 Å². The predicted octanol–water partition coefficient (Wildman–Crippen LogP) is 4.45. The Morgan fingerprint density at radius 2 is 1.58 bits per heavy atom. The van der Waals surface area contributed by atoms with E-state index in [0.29, 0.717) is 17.7 Å². The molecule has 204 valence electrons. The summed E-state index contributed by atoms with van der Waals surface area (Å²) >= 11 is 0. The van der Waals surface area contributed by atoms with Gasteiger partial charge in [-0.15, -0.1) is 0 Å². The summed E-state index contributed by atoms with van der Waals surface area (Å²) in [6.45, 7) is 3.52. The molecular weight excluding hydrogens is 492 g/mol. The molecule has 0 fully saturated rings. The molecule has 10 heteroatoms. The number of methoxy groups -OCH3 is 1. The first-order chi connectivity index (χ1) is 18.0. The van der Waals surface area contributed by atoms with Crippen LogP contribution in [0, 0.1) is 11.8 Å². The highest BCUT2D eigenvalue weighted by molar-refractivity contribution is 6.05. The number of aliphatic carboxylic acids is 2. The summed E-state index contributed by atoms with van der Waals surface area (Å²) in [7, 11) is 1.23. The third kappa shape index (κ3) is 9.02. The molecule has 0 saturated heterocycles. The number of benzene rings is 2. The van der Waals surface area contributed by atoms with E-state index in [1.165, 1.54) is 31.4 Å². The van der Waals surface area contributed by atoms with Crippen molar-refractivity contribution in [2.24, 2.45) is 11.8 Å². The van der Waals surface area contributed by atoms with Crippen molar-refractivity contribution in [1.82, 2.24) is 4.90 Å². The Bertz CT molecular complexity index is 1120. The molecule has 38 heavy (non-hydrogen) atoms. The number of aryl methyl sites for hydroxylation is 1. The molecule has 3 N–H and O–H groups in total. The summed E-state index contributed by atoms with van der Waals surface area (Å²) in [6.07, 6.45) is 0.669. The van der Waals surface area contributed by atoms with E-state index in [9.17, 15) is 34.2 Å². The Labute approximate surface area is 221 Å². The van der Waals surface area contributed by atoms with Crippen LogP contribution in [0.15, 0.2) is 54.6 Å². The van der Waals surface area contributed by atoms with Crippen LogP contribution in [-0.2, 0) is 25.5 Å². The molecule has 2 rings (SSSR count). The van der Waals surface area contributed by atoms with Gasteiger partial charge in [0.1, 0.15) is 6.04 Å². The number of rotatable bonds is 13. The molecule has 0 aliphatic rings. The number of nitrogens with one attached hydrogen (secondary N) is 1. The maximum Gasteiger partial charge on any atom is 0.337 e. The van der Waals surface area contributed by atoms with Crippen LogP contribution in [0.1, 0.15) is 55.5 Å². The minimum Gasteiger partial charge on any atom is -0.481 e. The van der Waals surface area contributed by atoms with Crippen molar-refractivity contribution in [3.8, 4) is 0 Å². The molecule has 0 saturated carbocycles. The van der Waals surface area contributed by atoms with E-state index < -0.39 is 48.2 Å². The zero-order valence-corrected chi connectivity index (χ0v) is 21.8. The second kappa shape index (κ2) is 14.5. The largest absolute Gasteiger partial charge is 0.481 e. The predicted molar refractivity (Wildman–Crippen MR) is 140 cm³/mol. The summed E-state index contributed by atoms with van der Waals surface area (Å²) in [5, 5.41) is 21.9. The zero-order valence-electron chi connectivity index (χ0n) is 21.8. The third-order valence-corrected chi connectivity index (χ3v) is 5.94. The van der Waals surface area contributed by atoms with Crippen LogP contribution in [0.2, 0.25) is 0 Å². The van der Waals surface area contributed by atoms with Gasteiger partial charge >= 0.3 is 23.9 Å². The van der Waals surface area contributed by atoms with E-state index in [2.05, 4.69) is 10.1 Å². The lowest BCUT2D eigenvalue weighted by Gasteiger charge is -2.31. The van der Waals surface area contributed by atoms with Crippen LogP contribution in [0.25, 0.3) is 0 Å². The molecule has 10 nitrogen and oxygen atoms in total. The number of urea groups is 1. The summed E-state index contributed by atoms with van der Waals surface area (Å²) in [6, 6.07) is 12.6. The SMILES string of the molecule is COC(=O)c1ccc(NC(=O)N(C(=O)C(CCCc2ccccc2)CC(=O)O)[C@@H](CC(C)C)C(=O)O)cc1. The Hall–Kier alpha value is -4.21. The van der Waals surface area contributed by atoms with Gasteiger partial charge in [0.25, 0.3) is 0 Å². The summed E-state index contributed by atoms with van der Waals surface area (Å²) < 4.78 is 4.65. The first-order valence-electron chi connectivity index (χ1n) is 12.3. The average molecular weight is 527 g/mol. The van der Waals surface area contributed by atoms with Crippen molar-refractivity contribution < 1.29 is 38.9 Å². The van der Waals surface area contributed by atoms with E-state index in [4.69, 9.17) is 0 Å². The lowest BCUT2D eigenvalue weighted by atomic mass is 9.93. The highest BCUT2D eigenvalue weighted by Crippen LogP contribution is 2.23. The Balaban J connectivity index is 2.33. The first kappa shape index (κ1) is 30.0. The van der Waals surface area contributed by atoms with Crippen LogP contribution in [-0.4, -0.2) is 58.1 Å². The minimum absolute atomic E-state index is 0.0143. The van der Waals surface area contributed by atoms with Gasteiger partial charge in [-0.2, -0.15) is 0 Å². The van der Waals surface area contributed by atoms with Gasteiger partial charge in [0.2, 0.25) is 5.91 Å². The molecule has 0 radical (unpaired) electrons. The molecule has 3 amide bonds. The lowest BCUT2D eigenvalue weighted by Crippen LogP contribution is -2.53. The van der Waals surface area contributed by atoms with Crippen molar-refractivity contribution in [3.05, 3.63) is 65.7 Å². The topological polar surface area (TPSA) is 150 Å². The summed E-state index contributed by atoms with van der Waals surface area (Å²) in [4.78, 5) is 63.1. The van der Waals surface area contributed by atoms with Crippen molar-refractivity contribution in [2.75, 3.05) is 12.4 Å². The number of carboxylic acid groups (broad SMARTS) is 2. The highest BCUT2D eigenvalue weighted by Gasteiger charge is 2.39. The van der Waals surface area contributed by atoms with Crippen molar-refractivity contribution in [1.29, 1.82) is 0 Å². The number of amides is 3. The monoisotopic (exact) mass is 526 g/mol. The molecule has 2 aromatic carbocycles. The molecule has 2 atom stereocenters. The van der Waals surface area contributed by atoms with Crippen LogP contribution in [0.5, 0.6) is 0 Å². The second-order valence-corrected chi connectivity index (χ2v) is 9.36. The Morgan fingerprint density at radius 1 is 0.947 bits per heavy atom. The van der Waals surface area contributed by atoms with Crippen molar-refractivity contribution in [3.63, 3.8) is 0 Å². The van der Waals surface area contributed by atoms with Crippen molar-refractivity contribution in [2.45, 2.75) is 52.0 Å². The maximum atomic E-state index is 13.6. The average Bonchev–Trinajstić information content (AvgIpc) is 2.87. The number of nitrogens with zero attached hydrogens (tertiary/aromatic N) is 1. The van der Waals surface area contributed by atoms with E-state index in [1.807, 2.05) is 30.3 Å². The lowest BCUT2D eigenvalue weighted by molar-refractivity contribution is -0.151. The van der Waals surface area contributed by atoms with Crippen LogP contribution in [0.3, 0.4) is 0 Å². The fraction of sp³-hybridized carbons (Fsp3) is 0.393. The van der Waals surface area contributed by atoms with Gasteiger partial charge in [-0.05, 0) is 61.4 Å². The number of ether oxygens (including phenoxy) is 1. The Morgan fingerprint density at radius 3 is 2.11 bits per heavy atom. The molecule has 0 heterocycles. The number of carboxylic acids is 2. The standard InChI is InChI=1S/C28H34N2O8/c1-18(2)16-23(26(34)35)30(28(37)29-22-14-12-20(13-15-22)27(36)38-3)25(33)21(17-24(31)32)11-7-10-19-8-5-4-6-9-19/h4-6,8-9,12-15,18,21,23H,7,10-11,16-17H2,1-3H3,(H,29,37)(H,31,32)(H,34,35)/t21?,23-/m0/s1. The van der Waals surface area contributed by atoms with E-state index >= 15 is 0 Å². The van der Waals surface area contributed by atoms with Gasteiger partial charge in [-0.25, -0.2) is 19.3 Å².